The van der Waals surface area contributed by atoms with E-state index in [1.807, 2.05) is 0 Å². The lowest BCUT2D eigenvalue weighted by Gasteiger charge is -2.17. The minimum absolute atomic E-state index is 0.279. The van der Waals surface area contributed by atoms with E-state index in [0.29, 0.717) is 0 Å². The Morgan fingerprint density at radius 2 is 1.18 bits per heavy atom. The number of rotatable bonds is 5. The number of nitrogens with one attached hydrogen (secondary N) is 2. The zero-order valence-corrected chi connectivity index (χ0v) is 11.9. The van der Waals surface area contributed by atoms with Crippen molar-refractivity contribution in [3.05, 3.63) is 16.7 Å². The second kappa shape index (κ2) is 6.66. The summed E-state index contributed by atoms with van der Waals surface area (Å²) >= 11 is 0. The third kappa shape index (κ3) is 3.57. The molecule has 0 aromatic heterocycles. The number of hydrogen-bond acceptors (Lipinski definition) is 6. The number of carbonyl (C=O) groups is 3. The highest BCUT2D eigenvalue weighted by molar-refractivity contribution is 5.94. The predicted octanol–water partition coefficient (Wildman–Crippen LogP) is -0.226. The SMILES string of the molecule is CC(=O)NCc1c(O)c(O)c(O)c(CNC(C)=O)c1C(=O)O. The molecule has 22 heavy (non-hydrogen) atoms. The summed E-state index contributed by atoms with van der Waals surface area (Å²) in [6.07, 6.45) is 0. The van der Waals surface area contributed by atoms with E-state index < -0.39 is 40.6 Å². The first-order valence-corrected chi connectivity index (χ1v) is 6.17. The molecule has 0 saturated heterocycles. The number of benzene rings is 1. The zero-order valence-electron chi connectivity index (χ0n) is 11.9. The van der Waals surface area contributed by atoms with E-state index in [2.05, 4.69) is 10.6 Å². The van der Waals surface area contributed by atoms with Gasteiger partial charge in [-0.25, -0.2) is 4.79 Å². The molecule has 1 rings (SSSR count). The van der Waals surface area contributed by atoms with E-state index in [-0.39, 0.29) is 24.2 Å². The summed E-state index contributed by atoms with van der Waals surface area (Å²) in [4.78, 5) is 33.3. The molecule has 120 valence electrons. The molecule has 0 unspecified atom stereocenters. The van der Waals surface area contributed by atoms with Crippen LogP contribution in [0, 0.1) is 0 Å². The van der Waals surface area contributed by atoms with Crippen LogP contribution in [0.2, 0.25) is 0 Å². The lowest BCUT2D eigenvalue weighted by Crippen LogP contribution is -2.24. The molecular formula is C13H16N2O7. The first-order chi connectivity index (χ1) is 10.2. The Bertz CT molecular complexity index is 595. The summed E-state index contributed by atoms with van der Waals surface area (Å²) in [5, 5.41) is 43.2. The summed E-state index contributed by atoms with van der Waals surface area (Å²) in [6, 6.07) is 0. The Labute approximate surface area is 125 Å². The fourth-order valence-corrected chi connectivity index (χ4v) is 1.85. The van der Waals surface area contributed by atoms with Crippen molar-refractivity contribution in [1.29, 1.82) is 0 Å². The number of phenolic OH excluding ortho intramolecular Hbond substituents is 3. The van der Waals surface area contributed by atoms with Gasteiger partial charge in [0.1, 0.15) is 0 Å². The van der Waals surface area contributed by atoms with Gasteiger partial charge in [0.15, 0.2) is 11.5 Å². The highest BCUT2D eigenvalue weighted by atomic mass is 16.4. The first-order valence-electron chi connectivity index (χ1n) is 6.17. The van der Waals surface area contributed by atoms with Gasteiger partial charge >= 0.3 is 5.97 Å². The topological polar surface area (TPSA) is 156 Å². The van der Waals surface area contributed by atoms with E-state index in [9.17, 15) is 34.8 Å². The molecule has 0 atom stereocenters. The molecular weight excluding hydrogens is 296 g/mol. The van der Waals surface area contributed by atoms with Crippen molar-refractivity contribution in [2.75, 3.05) is 0 Å². The van der Waals surface area contributed by atoms with Crippen molar-refractivity contribution in [3.8, 4) is 17.2 Å². The second-order valence-electron chi connectivity index (χ2n) is 4.50. The Morgan fingerprint density at radius 3 is 1.45 bits per heavy atom. The Balaban J connectivity index is 3.49. The maximum absolute atomic E-state index is 11.4. The fraction of sp³-hybridized carbons (Fsp3) is 0.308. The summed E-state index contributed by atoms with van der Waals surface area (Å²) < 4.78 is 0. The number of aromatic hydroxyl groups is 3. The van der Waals surface area contributed by atoms with E-state index >= 15 is 0 Å². The van der Waals surface area contributed by atoms with Gasteiger partial charge in [0.05, 0.1) is 5.56 Å². The van der Waals surface area contributed by atoms with Gasteiger partial charge in [-0.1, -0.05) is 0 Å². The summed E-state index contributed by atoms with van der Waals surface area (Å²) in [6.45, 7) is 1.64. The number of carboxylic acids is 1. The van der Waals surface area contributed by atoms with E-state index in [1.54, 1.807) is 0 Å². The number of aromatic carboxylic acids is 1. The molecule has 0 heterocycles. The molecule has 0 saturated carbocycles. The number of carbonyl (C=O) groups excluding carboxylic acids is 2. The van der Waals surface area contributed by atoms with Crippen LogP contribution in [-0.2, 0) is 22.7 Å². The van der Waals surface area contributed by atoms with Crippen molar-refractivity contribution >= 4 is 17.8 Å². The molecule has 0 fully saturated rings. The molecule has 0 bridgehead atoms. The van der Waals surface area contributed by atoms with Crippen LogP contribution >= 0.6 is 0 Å². The van der Waals surface area contributed by atoms with Crippen molar-refractivity contribution in [2.45, 2.75) is 26.9 Å². The highest BCUT2D eigenvalue weighted by Gasteiger charge is 2.27. The number of amides is 2. The van der Waals surface area contributed by atoms with Gasteiger partial charge in [0, 0.05) is 38.1 Å². The van der Waals surface area contributed by atoms with Crippen LogP contribution in [-0.4, -0.2) is 38.2 Å². The quantitative estimate of drug-likeness (QED) is 0.410. The zero-order chi connectivity index (χ0) is 17.0. The highest BCUT2D eigenvalue weighted by Crippen LogP contribution is 2.43. The molecule has 1 aromatic carbocycles. The van der Waals surface area contributed by atoms with Crippen LogP contribution in [0.5, 0.6) is 17.2 Å². The lowest BCUT2D eigenvalue weighted by atomic mass is 9.97. The van der Waals surface area contributed by atoms with Crippen molar-refractivity contribution < 1.29 is 34.8 Å². The summed E-state index contributed by atoms with van der Waals surface area (Å²) in [7, 11) is 0. The molecule has 0 aliphatic heterocycles. The Morgan fingerprint density at radius 1 is 0.818 bits per heavy atom. The van der Waals surface area contributed by atoms with Crippen molar-refractivity contribution in [3.63, 3.8) is 0 Å². The maximum Gasteiger partial charge on any atom is 0.336 e. The van der Waals surface area contributed by atoms with Gasteiger partial charge in [-0.3, -0.25) is 9.59 Å². The van der Waals surface area contributed by atoms with Crippen LogP contribution in [0.1, 0.15) is 35.3 Å². The smallest absolute Gasteiger partial charge is 0.336 e. The van der Waals surface area contributed by atoms with Crippen LogP contribution in [0.15, 0.2) is 0 Å². The van der Waals surface area contributed by atoms with Gasteiger partial charge in [0.25, 0.3) is 0 Å². The van der Waals surface area contributed by atoms with Crippen molar-refractivity contribution in [1.82, 2.24) is 10.6 Å². The van der Waals surface area contributed by atoms with Crippen molar-refractivity contribution in [2.24, 2.45) is 0 Å². The van der Waals surface area contributed by atoms with Gasteiger partial charge < -0.3 is 31.1 Å². The molecule has 0 aliphatic rings. The summed E-state index contributed by atoms with van der Waals surface area (Å²) in [5.41, 5.74) is -1.06. The molecule has 0 radical (unpaired) electrons. The number of hydrogen-bond donors (Lipinski definition) is 6. The standard InChI is InChI=1S/C13H16N2O7/c1-5(16)14-3-7-9(13(21)22)8(4-15-6(2)17)11(19)12(20)10(7)18/h18-20H,3-4H2,1-2H3,(H,14,16)(H,15,17)(H,21,22). The average molecular weight is 312 g/mol. The van der Waals surface area contributed by atoms with E-state index in [0.717, 1.165) is 0 Å². The first kappa shape index (κ1) is 17.1. The third-order valence-corrected chi connectivity index (χ3v) is 2.87. The second-order valence-corrected chi connectivity index (χ2v) is 4.50. The lowest BCUT2D eigenvalue weighted by molar-refractivity contribution is -0.119. The molecule has 6 N–H and O–H groups in total. The molecule has 0 aliphatic carbocycles. The van der Waals surface area contributed by atoms with Crippen LogP contribution in [0.25, 0.3) is 0 Å². The van der Waals surface area contributed by atoms with Crippen LogP contribution in [0.4, 0.5) is 0 Å². The minimum Gasteiger partial charge on any atom is -0.504 e. The third-order valence-electron chi connectivity index (χ3n) is 2.87. The normalized spacial score (nSPS) is 10.1. The number of phenols is 3. The van der Waals surface area contributed by atoms with Gasteiger partial charge in [0.2, 0.25) is 17.6 Å². The van der Waals surface area contributed by atoms with Crippen LogP contribution < -0.4 is 10.6 Å². The fourth-order valence-electron chi connectivity index (χ4n) is 1.85. The minimum atomic E-state index is -1.49. The predicted molar refractivity (Wildman–Crippen MR) is 73.4 cm³/mol. The Hall–Kier alpha value is -2.97. The number of carboxylic acid groups (broad SMARTS) is 1. The van der Waals surface area contributed by atoms with Gasteiger partial charge in [-0.2, -0.15) is 0 Å². The van der Waals surface area contributed by atoms with E-state index in [1.165, 1.54) is 13.8 Å². The Kier molecular flexibility index (Phi) is 5.17. The molecule has 9 heteroatoms. The monoisotopic (exact) mass is 312 g/mol. The molecule has 2 amide bonds. The van der Waals surface area contributed by atoms with Gasteiger partial charge in [-0.05, 0) is 0 Å². The maximum atomic E-state index is 11.4. The van der Waals surface area contributed by atoms with E-state index in [4.69, 9.17) is 0 Å². The molecule has 1 aromatic rings. The molecule has 9 nitrogen and oxygen atoms in total. The molecule has 0 spiro atoms. The summed E-state index contributed by atoms with van der Waals surface area (Å²) in [5.74, 6) is -5.08. The van der Waals surface area contributed by atoms with Crippen LogP contribution in [0.3, 0.4) is 0 Å². The average Bonchev–Trinajstić information content (AvgIpc) is 2.41. The van der Waals surface area contributed by atoms with Gasteiger partial charge in [-0.15, -0.1) is 0 Å². The largest absolute Gasteiger partial charge is 0.504 e.